The van der Waals surface area contributed by atoms with Gasteiger partial charge in [-0.3, -0.25) is 0 Å². The standard InChI is InChI=1S/C13H17ClO2/c1-4-13(5-2)15-9(3)11-8-10(14)6-7-12(11)16-13/h6-9H,4-5H2,1-3H3. The molecule has 0 saturated carbocycles. The lowest BCUT2D eigenvalue weighted by Crippen LogP contribution is -2.42. The van der Waals surface area contributed by atoms with Gasteiger partial charge in [-0.2, -0.15) is 0 Å². The maximum atomic E-state index is 5.97. The van der Waals surface area contributed by atoms with Crippen molar-refractivity contribution in [1.82, 2.24) is 0 Å². The molecule has 1 aromatic carbocycles. The first-order valence-electron chi connectivity index (χ1n) is 5.76. The van der Waals surface area contributed by atoms with Crippen molar-refractivity contribution in [2.45, 2.75) is 45.5 Å². The fraction of sp³-hybridized carbons (Fsp3) is 0.538. The van der Waals surface area contributed by atoms with E-state index >= 15 is 0 Å². The molecule has 1 heterocycles. The second kappa shape index (κ2) is 4.27. The number of benzene rings is 1. The third-order valence-corrected chi connectivity index (χ3v) is 3.41. The molecule has 0 saturated heterocycles. The van der Waals surface area contributed by atoms with Gasteiger partial charge in [0.15, 0.2) is 0 Å². The van der Waals surface area contributed by atoms with Crippen LogP contribution in [0.4, 0.5) is 0 Å². The summed E-state index contributed by atoms with van der Waals surface area (Å²) in [5, 5.41) is 0.721. The summed E-state index contributed by atoms with van der Waals surface area (Å²) >= 11 is 5.97. The molecule has 2 nitrogen and oxygen atoms in total. The predicted octanol–water partition coefficient (Wildman–Crippen LogP) is 4.33. The van der Waals surface area contributed by atoms with Gasteiger partial charge in [0, 0.05) is 23.4 Å². The Balaban J connectivity index is 2.40. The van der Waals surface area contributed by atoms with Crippen LogP contribution in [0, 0.1) is 0 Å². The largest absolute Gasteiger partial charge is 0.462 e. The summed E-state index contributed by atoms with van der Waals surface area (Å²) in [5.74, 6) is 0.423. The van der Waals surface area contributed by atoms with Crippen LogP contribution in [0.25, 0.3) is 0 Å². The van der Waals surface area contributed by atoms with E-state index in [1.165, 1.54) is 0 Å². The molecule has 0 spiro atoms. The Morgan fingerprint density at radius 3 is 2.62 bits per heavy atom. The average Bonchev–Trinajstić information content (AvgIpc) is 2.30. The van der Waals surface area contributed by atoms with Gasteiger partial charge in [-0.15, -0.1) is 0 Å². The average molecular weight is 241 g/mol. The van der Waals surface area contributed by atoms with Crippen molar-refractivity contribution in [3.05, 3.63) is 28.8 Å². The summed E-state index contributed by atoms with van der Waals surface area (Å²) < 4.78 is 11.9. The number of rotatable bonds is 2. The lowest BCUT2D eigenvalue weighted by Gasteiger charge is -2.40. The first kappa shape index (κ1) is 11.7. The van der Waals surface area contributed by atoms with Crippen LogP contribution < -0.4 is 4.74 Å². The summed E-state index contributed by atoms with van der Waals surface area (Å²) in [5.41, 5.74) is 1.03. The highest BCUT2D eigenvalue weighted by Gasteiger charge is 2.37. The van der Waals surface area contributed by atoms with E-state index in [1.54, 1.807) is 0 Å². The van der Waals surface area contributed by atoms with Gasteiger partial charge < -0.3 is 9.47 Å². The fourth-order valence-electron chi connectivity index (χ4n) is 2.10. The van der Waals surface area contributed by atoms with Crippen molar-refractivity contribution in [1.29, 1.82) is 0 Å². The monoisotopic (exact) mass is 240 g/mol. The van der Waals surface area contributed by atoms with Crippen molar-refractivity contribution < 1.29 is 9.47 Å². The second-order valence-electron chi connectivity index (χ2n) is 4.16. The number of fused-ring (bicyclic) bond motifs is 1. The van der Waals surface area contributed by atoms with Crippen LogP contribution in [0.3, 0.4) is 0 Å². The third kappa shape index (κ3) is 1.92. The van der Waals surface area contributed by atoms with Crippen molar-refractivity contribution in [2.24, 2.45) is 0 Å². The van der Waals surface area contributed by atoms with Crippen LogP contribution in [0.5, 0.6) is 5.75 Å². The molecule has 1 aliphatic heterocycles. The topological polar surface area (TPSA) is 18.5 Å². The van der Waals surface area contributed by atoms with Crippen LogP contribution in [0.2, 0.25) is 5.02 Å². The Bertz CT molecular complexity index is 386. The smallest absolute Gasteiger partial charge is 0.210 e. The highest BCUT2D eigenvalue weighted by molar-refractivity contribution is 6.30. The van der Waals surface area contributed by atoms with Crippen LogP contribution in [-0.2, 0) is 4.74 Å². The maximum Gasteiger partial charge on any atom is 0.210 e. The summed E-state index contributed by atoms with van der Waals surface area (Å²) in [6, 6.07) is 5.70. The Labute approximate surface area is 102 Å². The molecule has 1 aromatic rings. The molecule has 0 bridgehead atoms. The molecule has 1 atom stereocenters. The van der Waals surface area contributed by atoms with Crippen molar-refractivity contribution >= 4 is 11.6 Å². The first-order chi connectivity index (χ1) is 7.60. The van der Waals surface area contributed by atoms with E-state index in [-0.39, 0.29) is 6.10 Å². The molecule has 0 N–H and O–H groups in total. The molecule has 88 valence electrons. The first-order valence-corrected chi connectivity index (χ1v) is 6.14. The molecule has 0 aliphatic carbocycles. The third-order valence-electron chi connectivity index (χ3n) is 3.17. The maximum absolute atomic E-state index is 5.97. The van der Waals surface area contributed by atoms with E-state index < -0.39 is 5.79 Å². The molecule has 0 fully saturated rings. The van der Waals surface area contributed by atoms with Crippen LogP contribution >= 0.6 is 11.6 Å². The molecule has 1 unspecified atom stereocenters. The highest BCUT2D eigenvalue weighted by Crippen LogP contribution is 2.42. The van der Waals surface area contributed by atoms with Crippen molar-refractivity contribution in [3.8, 4) is 5.75 Å². The molecule has 0 aromatic heterocycles. The molecular weight excluding hydrogens is 224 g/mol. The van der Waals surface area contributed by atoms with Crippen LogP contribution in [-0.4, -0.2) is 5.79 Å². The SMILES string of the molecule is CCC1(CC)Oc2ccc(Cl)cc2C(C)O1. The van der Waals surface area contributed by atoms with Gasteiger partial charge in [-0.05, 0) is 25.1 Å². The zero-order valence-electron chi connectivity index (χ0n) is 9.92. The lowest BCUT2D eigenvalue weighted by atomic mass is 10.0. The normalized spacial score (nSPS) is 22.4. The predicted molar refractivity (Wildman–Crippen MR) is 64.9 cm³/mol. The van der Waals surface area contributed by atoms with Gasteiger partial charge in [-0.25, -0.2) is 0 Å². The number of halogens is 1. The highest BCUT2D eigenvalue weighted by atomic mass is 35.5. The van der Waals surface area contributed by atoms with Gasteiger partial charge in [0.2, 0.25) is 5.79 Å². The number of ether oxygens (including phenoxy) is 2. The Morgan fingerprint density at radius 2 is 2.00 bits per heavy atom. The minimum absolute atomic E-state index is 0.0300. The Kier molecular flexibility index (Phi) is 3.13. The van der Waals surface area contributed by atoms with Gasteiger partial charge in [0.1, 0.15) is 5.75 Å². The van der Waals surface area contributed by atoms with E-state index in [2.05, 4.69) is 13.8 Å². The molecule has 16 heavy (non-hydrogen) atoms. The fourth-order valence-corrected chi connectivity index (χ4v) is 2.28. The van der Waals surface area contributed by atoms with Crippen LogP contribution in [0.1, 0.15) is 45.3 Å². The molecule has 1 aliphatic rings. The van der Waals surface area contributed by atoms with E-state index in [1.807, 2.05) is 25.1 Å². The van der Waals surface area contributed by atoms with Gasteiger partial charge in [0.25, 0.3) is 0 Å². The Hall–Kier alpha value is -0.730. The van der Waals surface area contributed by atoms with Crippen molar-refractivity contribution in [2.75, 3.05) is 0 Å². The molecular formula is C13H17ClO2. The molecule has 0 radical (unpaired) electrons. The summed E-state index contributed by atoms with van der Waals surface area (Å²) in [7, 11) is 0. The minimum atomic E-state index is -0.472. The van der Waals surface area contributed by atoms with Crippen LogP contribution in [0.15, 0.2) is 18.2 Å². The van der Waals surface area contributed by atoms with Gasteiger partial charge in [0.05, 0.1) is 6.10 Å². The lowest BCUT2D eigenvalue weighted by molar-refractivity contribution is -0.229. The summed E-state index contributed by atoms with van der Waals surface area (Å²) in [6.45, 7) is 6.20. The Morgan fingerprint density at radius 1 is 1.31 bits per heavy atom. The molecule has 3 heteroatoms. The molecule has 2 rings (SSSR count). The quantitative estimate of drug-likeness (QED) is 0.766. The zero-order valence-corrected chi connectivity index (χ0v) is 10.7. The van der Waals surface area contributed by atoms with Crippen molar-refractivity contribution in [3.63, 3.8) is 0 Å². The van der Waals surface area contributed by atoms with Gasteiger partial charge >= 0.3 is 0 Å². The number of hydrogen-bond donors (Lipinski definition) is 0. The van der Waals surface area contributed by atoms with Gasteiger partial charge in [-0.1, -0.05) is 25.4 Å². The minimum Gasteiger partial charge on any atom is -0.462 e. The van der Waals surface area contributed by atoms with E-state index in [4.69, 9.17) is 21.1 Å². The zero-order chi connectivity index (χ0) is 11.8. The molecule has 0 amide bonds. The summed E-state index contributed by atoms with van der Waals surface area (Å²) in [4.78, 5) is 0. The number of hydrogen-bond acceptors (Lipinski definition) is 2. The van der Waals surface area contributed by atoms with E-state index in [0.717, 1.165) is 29.2 Å². The summed E-state index contributed by atoms with van der Waals surface area (Å²) in [6.07, 6.45) is 1.72. The van der Waals surface area contributed by atoms with E-state index in [0.29, 0.717) is 0 Å². The van der Waals surface area contributed by atoms with E-state index in [9.17, 15) is 0 Å². The second-order valence-corrected chi connectivity index (χ2v) is 4.60.